The summed E-state index contributed by atoms with van der Waals surface area (Å²) in [7, 11) is 0. The third kappa shape index (κ3) is 6.02. The van der Waals surface area contributed by atoms with Crippen LogP contribution in [-0.4, -0.2) is 29.4 Å². The molecule has 0 bridgehead atoms. The zero-order chi connectivity index (χ0) is 26.1. The first-order valence-electron chi connectivity index (χ1n) is 13.0. The fourth-order valence-electron chi connectivity index (χ4n) is 5.99. The van der Waals surface area contributed by atoms with Gasteiger partial charge in [0.15, 0.2) is 0 Å². The molecule has 2 aliphatic carbocycles. The fourth-order valence-corrected chi connectivity index (χ4v) is 5.99. The molecule has 0 saturated heterocycles. The molecule has 0 radical (unpaired) electrons. The van der Waals surface area contributed by atoms with Crippen LogP contribution in [0, 0.1) is 11.8 Å². The number of rotatable bonds is 5. The van der Waals surface area contributed by atoms with E-state index in [1.54, 1.807) is 11.8 Å². The van der Waals surface area contributed by atoms with Gasteiger partial charge in [0.25, 0.3) is 0 Å². The minimum atomic E-state index is -4.83. The molecule has 1 heterocycles. The van der Waals surface area contributed by atoms with E-state index in [4.69, 9.17) is 0 Å². The monoisotopic (exact) mass is 516 g/mol. The van der Waals surface area contributed by atoms with Gasteiger partial charge in [0.05, 0.1) is 17.0 Å². The summed E-state index contributed by atoms with van der Waals surface area (Å²) < 4.78 is 82.5. The summed E-state index contributed by atoms with van der Waals surface area (Å²) in [6, 6.07) is 1.15. The molecule has 1 aliphatic heterocycles. The van der Waals surface area contributed by atoms with E-state index in [2.05, 4.69) is 5.32 Å². The first-order chi connectivity index (χ1) is 16.9. The Morgan fingerprint density at radius 1 is 0.917 bits per heavy atom. The number of nitrogens with zero attached hydrogens (tertiary/aromatic N) is 1. The molecule has 1 aromatic carbocycles. The van der Waals surface area contributed by atoms with Gasteiger partial charge in [-0.1, -0.05) is 38.5 Å². The number of carbonyl (C=O) groups excluding carboxylic acids is 1. The van der Waals surface area contributed by atoms with Gasteiger partial charge in [0.2, 0.25) is 5.91 Å². The number of carbonyl (C=O) groups is 1. The van der Waals surface area contributed by atoms with Crippen molar-refractivity contribution in [2.45, 2.75) is 95.6 Å². The Morgan fingerprint density at radius 3 is 2.11 bits per heavy atom. The molecule has 36 heavy (non-hydrogen) atoms. The van der Waals surface area contributed by atoms with Crippen LogP contribution in [0.5, 0.6) is 0 Å². The van der Waals surface area contributed by atoms with Gasteiger partial charge in [0.1, 0.15) is 0 Å². The molecular weight excluding hydrogens is 482 g/mol. The first-order valence-corrected chi connectivity index (χ1v) is 13.0. The lowest BCUT2D eigenvalue weighted by Crippen LogP contribution is -2.45. The molecule has 0 aromatic heterocycles. The van der Waals surface area contributed by atoms with E-state index in [1.165, 1.54) is 6.08 Å². The van der Waals surface area contributed by atoms with Crippen LogP contribution in [0.1, 0.15) is 87.8 Å². The second kappa shape index (κ2) is 10.7. The maximum Gasteiger partial charge on any atom is 0.417 e. The highest BCUT2D eigenvalue weighted by molar-refractivity contribution is 5.86. The highest BCUT2D eigenvalue weighted by Gasteiger charge is 2.43. The summed E-state index contributed by atoms with van der Waals surface area (Å²) in [6.07, 6.45) is 1.71. The van der Waals surface area contributed by atoms with E-state index >= 15 is 0 Å². The molecule has 4 rings (SSSR count). The van der Waals surface area contributed by atoms with E-state index in [1.807, 2.05) is 0 Å². The minimum Gasteiger partial charge on any atom is -0.367 e. The Kier molecular flexibility index (Phi) is 7.95. The number of nitrogens with one attached hydrogen (secondary N) is 1. The zero-order valence-corrected chi connectivity index (χ0v) is 20.5. The van der Waals surface area contributed by atoms with Gasteiger partial charge < -0.3 is 10.2 Å². The molecule has 2 saturated carbocycles. The predicted molar refractivity (Wildman–Crippen MR) is 126 cm³/mol. The van der Waals surface area contributed by atoms with Crippen molar-refractivity contribution in [3.05, 3.63) is 41.0 Å². The van der Waals surface area contributed by atoms with E-state index < -0.39 is 41.0 Å². The van der Waals surface area contributed by atoms with Crippen molar-refractivity contribution in [3.8, 4) is 0 Å². The molecular formula is C27H34F6N2O. The SMILES string of the molecule is CC1C(C(=O)NC2CCCCC2)C=C(c2cc(C(F)(F)F)ccc2C(F)(F)F)N1CC1CCCCC1. The Labute approximate surface area is 208 Å². The molecule has 3 nitrogen and oxygen atoms in total. The average molecular weight is 517 g/mol. The summed E-state index contributed by atoms with van der Waals surface area (Å²) in [5.41, 5.74) is -2.68. The highest BCUT2D eigenvalue weighted by Crippen LogP contribution is 2.44. The zero-order valence-electron chi connectivity index (χ0n) is 20.5. The van der Waals surface area contributed by atoms with Gasteiger partial charge in [-0.25, -0.2) is 0 Å². The maximum atomic E-state index is 14.0. The fraction of sp³-hybridized carbons (Fsp3) is 0.667. The molecule has 3 aliphatic rings. The van der Waals surface area contributed by atoms with Gasteiger partial charge >= 0.3 is 12.4 Å². The minimum absolute atomic E-state index is 0.0296. The third-order valence-corrected chi connectivity index (χ3v) is 8.02. The van der Waals surface area contributed by atoms with Crippen LogP contribution in [-0.2, 0) is 17.1 Å². The number of amides is 1. The second-order valence-corrected chi connectivity index (χ2v) is 10.6. The van der Waals surface area contributed by atoms with Gasteiger partial charge in [0, 0.05) is 29.9 Å². The van der Waals surface area contributed by atoms with Gasteiger partial charge in [-0.15, -0.1) is 0 Å². The Morgan fingerprint density at radius 2 is 1.53 bits per heavy atom. The lowest BCUT2D eigenvalue weighted by atomic mass is 9.88. The van der Waals surface area contributed by atoms with E-state index in [9.17, 15) is 31.1 Å². The maximum absolute atomic E-state index is 14.0. The lowest BCUT2D eigenvalue weighted by molar-refractivity contribution is -0.141. The molecule has 2 fully saturated rings. The van der Waals surface area contributed by atoms with Crippen molar-refractivity contribution in [2.24, 2.45) is 11.8 Å². The Bertz CT molecular complexity index is 958. The van der Waals surface area contributed by atoms with Crippen LogP contribution in [0.25, 0.3) is 5.70 Å². The normalized spacial score (nSPS) is 24.6. The van der Waals surface area contributed by atoms with E-state index in [-0.39, 0.29) is 23.6 Å². The van der Waals surface area contributed by atoms with Crippen molar-refractivity contribution in [2.75, 3.05) is 6.54 Å². The topological polar surface area (TPSA) is 32.3 Å². The van der Waals surface area contributed by atoms with Crippen LogP contribution in [0.3, 0.4) is 0 Å². The van der Waals surface area contributed by atoms with Crippen LogP contribution in [0.4, 0.5) is 26.3 Å². The largest absolute Gasteiger partial charge is 0.417 e. The van der Waals surface area contributed by atoms with Crippen LogP contribution in [0.15, 0.2) is 24.3 Å². The van der Waals surface area contributed by atoms with Crippen molar-refractivity contribution in [3.63, 3.8) is 0 Å². The van der Waals surface area contributed by atoms with Crippen molar-refractivity contribution in [1.82, 2.24) is 10.2 Å². The quantitative estimate of drug-likeness (QED) is 0.413. The summed E-state index contributed by atoms with van der Waals surface area (Å²) in [6.45, 7) is 2.21. The lowest BCUT2D eigenvalue weighted by Gasteiger charge is -2.35. The number of halogens is 6. The Hall–Kier alpha value is -2.19. The van der Waals surface area contributed by atoms with Gasteiger partial charge in [-0.05, 0) is 62.8 Å². The molecule has 1 aromatic rings. The standard InChI is InChI=1S/C27H34F6N2O/c1-17-21(25(36)34-20-10-6-3-7-11-20)15-24(35(17)16-18-8-4-2-5-9-18)22-14-19(26(28,29)30)12-13-23(22)27(31,32)33/h12-15,17-18,20-21H,2-11,16H2,1H3,(H,34,36). The van der Waals surface area contributed by atoms with Gasteiger partial charge in [-0.2, -0.15) is 26.3 Å². The van der Waals surface area contributed by atoms with E-state index in [0.29, 0.717) is 24.7 Å². The summed E-state index contributed by atoms with van der Waals surface area (Å²) >= 11 is 0. The molecule has 1 N–H and O–H groups in total. The number of hydrogen-bond acceptors (Lipinski definition) is 2. The molecule has 2 atom stereocenters. The molecule has 2 unspecified atom stereocenters. The predicted octanol–water partition coefficient (Wildman–Crippen LogP) is 7.41. The van der Waals surface area contributed by atoms with Crippen LogP contribution < -0.4 is 5.32 Å². The Balaban J connectivity index is 1.73. The molecule has 1 amide bonds. The third-order valence-electron chi connectivity index (χ3n) is 8.02. The highest BCUT2D eigenvalue weighted by atomic mass is 19.4. The van der Waals surface area contributed by atoms with Crippen molar-refractivity contribution in [1.29, 1.82) is 0 Å². The first kappa shape index (κ1) is 26.9. The van der Waals surface area contributed by atoms with Crippen molar-refractivity contribution >= 4 is 11.6 Å². The summed E-state index contributed by atoms with van der Waals surface area (Å²) in [4.78, 5) is 15.0. The molecule has 9 heteroatoms. The van der Waals surface area contributed by atoms with Crippen LogP contribution in [0.2, 0.25) is 0 Å². The molecule has 0 spiro atoms. The number of alkyl halides is 6. The van der Waals surface area contributed by atoms with Crippen molar-refractivity contribution < 1.29 is 31.1 Å². The summed E-state index contributed by atoms with van der Waals surface area (Å²) in [5, 5.41) is 3.06. The van der Waals surface area contributed by atoms with E-state index in [0.717, 1.165) is 64.2 Å². The number of benzene rings is 1. The van der Waals surface area contributed by atoms with Gasteiger partial charge in [-0.3, -0.25) is 4.79 Å². The molecule has 200 valence electrons. The number of hydrogen-bond donors (Lipinski definition) is 1. The summed E-state index contributed by atoms with van der Waals surface area (Å²) in [5.74, 6) is -0.774. The smallest absolute Gasteiger partial charge is 0.367 e. The second-order valence-electron chi connectivity index (χ2n) is 10.6. The van der Waals surface area contributed by atoms with Crippen LogP contribution >= 0.6 is 0 Å². The average Bonchev–Trinajstić information content (AvgIpc) is 3.15.